The van der Waals surface area contributed by atoms with Crippen LogP contribution in [0.2, 0.25) is 0 Å². The molecular formula is C59H72N8O4. The summed E-state index contributed by atoms with van der Waals surface area (Å²) in [5.74, 6) is 0.965. The highest BCUT2D eigenvalue weighted by molar-refractivity contribution is 5.91. The zero-order valence-electron chi connectivity index (χ0n) is 40.6. The number of hydrogen-bond acceptors (Lipinski definition) is 5. The lowest BCUT2D eigenvalue weighted by Crippen LogP contribution is -2.38. The second kappa shape index (κ2) is 21.1. The Labute approximate surface area is 418 Å². The minimum Gasteiger partial charge on any atom is -0.444 e. The summed E-state index contributed by atoms with van der Waals surface area (Å²) in [4.78, 5) is 49.0. The molecule has 3 N–H and O–H groups in total. The SMILES string of the molecule is C.C.CC(C)(C)OC(=O)N1C[C@@H](c2c[nH]c3ccccc23)[C@H](c2cn3c4c(cccc24)CCC3)C1.CCN=C=O.CCNC(=O)N1C[C@@H](c2c[nH]c3ccccc23)[C@H](c2cn3c4c(cccc24)CCC3)C1. The van der Waals surface area contributed by atoms with E-state index >= 15 is 0 Å². The van der Waals surface area contributed by atoms with Crippen molar-refractivity contribution >= 4 is 61.8 Å². The summed E-state index contributed by atoms with van der Waals surface area (Å²) >= 11 is 0. The number of benzene rings is 4. The molecule has 4 aromatic carbocycles. The molecule has 4 atom stereocenters. The van der Waals surface area contributed by atoms with E-state index in [1.54, 1.807) is 6.92 Å². The maximum Gasteiger partial charge on any atom is 0.410 e. The molecule has 0 saturated carbocycles. The topological polar surface area (TPSA) is 133 Å². The van der Waals surface area contributed by atoms with Gasteiger partial charge in [-0.1, -0.05) is 87.6 Å². The number of aryl methyl sites for hydroxylation is 4. The molecule has 8 heterocycles. The lowest BCUT2D eigenvalue weighted by Gasteiger charge is -2.24. The van der Waals surface area contributed by atoms with Crippen molar-refractivity contribution < 1.29 is 19.1 Å². The van der Waals surface area contributed by atoms with Crippen molar-refractivity contribution in [1.29, 1.82) is 0 Å². The first-order chi connectivity index (χ1) is 33.5. The van der Waals surface area contributed by atoms with Gasteiger partial charge in [0, 0.05) is 133 Å². The van der Waals surface area contributed by atoms with Crippen LogP contribution in [0.3, 0.4) is 0 Å². The van der Waals surface area contributed by atoms with Crippen LogP contribution in [0.5, 0.6) is 0 Å². The molecule has 2 saturated heterocycles. The number of urea groups is 1. The Kier molecular flexibility index (Phi) is 15.0. The van der Waals surface area contributed by atoms with Gasteiger partial charge in [0.1, 0.15) is 5.60 Å². The number of amides is 3. The van der Waals surface area contributed by atoms with Crippen LogP contribution in [0.25, 0.3) is 43.6 Å². The monoisotopic (exact) mass is 957 g/mol. The number of isocyanates is 1. The van der Waals surface area contributed by atoms with E-state index in [0.29, 0.717) is 26.2 Å². The van der Waals surface area contributed by atoms with Crippen LogP contribution in [-0.4, -0.2) is 92.0 Å². The number of aliphatic imine (C=N–C) groups is 1. The first-order valence-electron chi connectivity index (χ1n) is 24.9. The smallest absolute Gasteiger partial charge is 0.410 e. The summed E-state index contributed by atoms with van der Waals surface area (Å²) in [5, 5.41) is 8.23. The molecule has 0 radical (unpaired) electrons. The number of hydrogen-bond donors (Lipinski definition) is 3. The second-order valence-electron chi connectivity index (χ2n) is 20.1. The van der Waals surface area contributed by atoms with Crippen LogP contribution in [0, 0.1) is 0 Å². The lowest BCUT2D eigenvalue weighted by atomic mass is 9.83. The number of fused-ring (bicyclic) bond motifs is 2. The third-order valence-corrected chi connectivity index (χ3v) is 14.7. The highest BCUT2D eigenvalue weighted by Crippen LogP contribution is 2.47. The van der Waals surface area contributed by atoms with Gasteiger partial charge in [-0.15, -0.1) is 0 Å². The number of nitrogens with one attached hydrogen (secondary N) is 3. The Morgan fingerprint density at radius 2 is 1.10 bits per heavy atom. The molecule has 372 valence electrons. The average molecular weight is 957 g/mol. The van der Waals surface area contributed by atoms with Crippen LogP contribution < -0.4 is 5.32 Å². The molecular weight excluding hydrogens is 885 g/mol. The van der Waals surface area contributed by atoms with E-state index in [9.17, 15) is 9.59 Å². The van der Waals surface area contributed by atoms with E-state index in [-0.39, 0.29) is 50.6 Å². The number of ether oxygens (including phenoxy) is 1. The van der Waals surface area contributed by atoms with Gasteiger partial charge in [0.25, 0.3) is 0 Å². The minimum atomic E-state index is -0.505. The van der Waals surface area contributed by atoms with Crippen LogP contribution >= 0.6 is 0 Å². The zero-order valence-corrected chi connectivity index (χ0v) is 40.6. The molecule has 0 spiro atoms. The molecule has 4 aliphatic rings. The molecule has 4 aliphatic heterocycles. The summed E-state index contributed by atoms with van der Waals surface area (Å²) in [6.07, 6.45) is 14.9. The van der Waals surface area contributed by atoms with Crippen LogP contribution in [0.15, 0.2) is 115 Å². The van der Waals surface area contributed by atoms with Gasteiger partial charge in [-0.05, 0) is 106 Å². The number of likely N-dealkylation sites (tertiary alicyclic amines) is 2. The summed E-state index contributed by atoms with van der Waals surface area (Å²) in [6, 6.07) is 30.5. The van der Waals surface area contributed by atoms with Gasteiger partial charge >= 0.3 is 12.1 Å². The van der Waals surface area contributed by atoms with Crippen molar-refractivity contribution in [3.8, 4) is 0 Å². The standard InChI is InChI=1S/C28H31N3O2.C26H28N4O.C3H5NO.2CH4/c1-28(2,3)33-27(32)31-16-23(21-14-29-25-12-5-4-10-19(21)25)24(17-31)22-15-30-13-7-9-18-8-6-11-20(22)26(18)30;1-2-27-26(31)30-15-22(20-13-28-24-11-4-3-9-18(20)24)23(16-30)21-14-29-12-6-8-17-7-5-10-19(21)25(17)29;1-2-4-3-5;;/h4-6,8,10-12,14-15,23-24,29H,7,9,13,16-17H2,1-3H3;3-5,7,9-11,13-14,22-23,28H,2,6,8,12,15-16H2,1H3,(H,27,31);2H2,1H3;2*1H4/t23-,24-;22-,23-;;;/m00.../s1. The van der Waals surface area contributed by atoms with Gasteiger partial charge in [0.2, 0.25) is 6.08 Å². The second-order valence-corrected chi connectivity index (χ2v) is 20.1. The normalized spacial score (nSPS) is 19.0. The van der Waals surface area contributed by atoms with E-state index in [1.807, 2.05) is 37.5 Å². The fraction of sp³-hybridized carbons (Fsp3) is 0.407. The number of nitrogens with zero attached hydrogens (tertiary/aromatic N) is 5. The lowest BCUT2D eigenvalue weighted by molar-refractivity contribution is 0.0290. The number of H-pyrrole nitrogens is 2. The van der Waals surface area contributed by atoms with E-state index in [0.717, 1.165) is 50.1 Å². The van der Waals surface area contributed by atoms with E-state index in [2.05, 4.69) is 139 Å². The van der Waals surface area contributed by atoms with Gasteiger partial charge in [-0.3, -0.25) is 0 Å². The van der Waals surface area contributed by atoms with Crippen molar-refractivity contribution in [1.82, 2.24) is 34.2 Å². The van der Waals surface area contributed by atoms with Crippen molar-refractivity contribution in [2.24, 2.45) is 4.99 Å². The van der Waals surface area contributed by atoms with Gasteiger partial charge in [-0.2, -0.15) is 0 Å². The Balaban J connectivity index is 0.000000170. The molecule has 0 unspecified atom stereocenters. The van der Waals surface area contributed by atoms with Crippen LogP contribution in [-0.2, 0) is 35.5 Å². The molecule has 0 aliphatic carbocycles. The van der Waals surface area contributed by atoms with Gasteiger partial charge in [0.05, 0.1) is 11.0 Å². The maximum atomic E-state index is 13.1. The Bertz CT molecular complexity index is 3210. The Morgan fingerprint density at radius 3 is 1.54 bits per heavy atom. The van der Waals surface area contributed by atoms with Crippen LogP contribution in [0.1, 0.15) is 119 Å². The summed E-state index contributed by atoms with van der Waals surface area (Å²) < 4.78 is 10.7. The first-order valence-corrected chi connectivity index (χ1v) is 24.9. The molecule has 4 aromatic heterocycles. The third kappa shape index (κ3) is 9.74. The fourth-order valence-electron chi connectivity index (χ4n) is 11.8. The fourth-order valence-corrected chi connectivity index (χ4v) is 11.8. The molecule has 8 aromatic rings. The first kappa shape index (κ1) is 50.4. The molecule has 2 fully saturated rings. The largest absolute Gasteiger partial charge is 0.444 e. The van der Waals surface area contributed by atoms with Crippen molar-refractivity contribution in [3.05, 3.63) is 143 Å². The minimum absolute atomic E-state index is 0. The predicted molar refractivity (Wildman–Crippen MR) is 289 cm³/mol. The summed E-state index contributed by atoms with van der Waals surface area (Å²) in [5.41, 5.74) is 12.8. The van der Waals surface area contributed by atoms with E-state index in [1.165, 1.54) is 84.9 Å². The quantitative estimate of drug-likeness (QED) is 0.113. The Morgan fingerprint density at radius 1 is 0.648 bits per heavy atom. The van der Waals surface area contributed by atoms with Gasteiger partial charge < -0.3 is 39.0 Å². The number of aromatic amines is 2. The van der Waals surface area contributed by atoms with Crippen molar-refractivity contribution in [3.63, 3.8) is 0 Å². The highest BCUT2D eigenvalue weighted by Gasteiger charge is 2.42. The van der Waals surface area contributed by atoms with Crippen LogP contribution in [0.4, 0.5) is 9.59 Å². The Hall–Kier alpha value is -7.04. The summed E-state index contributed by atoms with van der Waals surface area (Å²) in [6.45, 7) is 15.7. The molecule has 71 heavy (non-hydrogen) atoms. The molecule has 0 bridgehead atoms. The van der Waals surface area contributed by atoms with E-state index in [4.69, 9.17) is 9.53 Å². The maximum absolute atomic E-state index is 13.1. The third-order valence-electron chi connectivity index (χ3n) is 14.7. The summed E-state index contributed by atoms with van der Waals surface area (Å²) in [7, 11) is 0. The zero-order chi connectivity index (χ0) is 47.8. The molecule has 3 amide bonds. The number of rotatable bonds is 6. The average Bonchev–Trinajstić information content (AvgIpc) is 4.22. The van der Waals surface area contributed by atoms with Gasteiger partial charge in [-0.25, -0.2) is 19.4 Å². The van der Waals surface area contributed by atoms with Gasteiger partial charge in [0.15, 0.2) is 0 Å². The molecule has 12 rings (SSSR count). The molecule has 12 nitrogen and oxygen atoms in total. The van der Waals surface area contributed by atoms with E-state index < -0.39 is 5.60 Å². The predicted octanol–water partition coefficient (Wildman–Crippen LogP) is 12.8. The number of para-hydroxylation sites is 4. The van der Waals surface area contributed by atoms with Crippen molar-refractivity contribution in [2.75, 3.05) is 39.3 Å². The number of carbonyl (C=O) groups is 2. The van der Waals surface area contributed by atoms with Crippen molar-refractivity contribution in [2.45, 2.75) is 118 Å². The number of aromatic nitrogens is 4. The highest BCUT2D eigenvalue weighted by atomic mass is 16.6. The number of carbonyl (C=O) groups excluding carboxylic acids is 3. The molecule has 12 heteroatoms.